The van der Waals surface area contributed by atoms with Crippen LogP contribution in [0.1, 0.15) is 34.4 Å². The van der Waals surface area contributed by atoms with Crippen molar-refractivity contribution < 1.29 is 18.0 Å². The lowest BCUT2D eigenvalue weighted by Crippen LogP contribution is -2.13. The fourth-order valence-electron chi connectivity index (χ4n) is 2.61. The molecule has 0 fully saturated rings. The van der Waals surface area contributed by atoms with Crippen LogP contribution in [0.15, 0.2) is 48.9 Å². The van der Waals surface area contributed by atoms with E-state index in [1.807, 2.05) is 0 Å². The van der Waals surface area contributed by atoms with Gasteiger partial charge in [-0.05, 0) is 37.1 Å². The van der Waals surface area contributed by atoms with E-state index >= 15 is 0 Å². The van der Waals surface area contributed by atoms with Crippen LogP contribution < -0.4 is 11.1 Å². The summed E-state index contributed by atoms with van der Waals surface area (Å²) in [5.74, 6) is 5.74. The predicted molar refractivity (Wildman–Crippen MR) is 110 cm³/mol. The van der Waals surface area contributed by atoms with Gasteiger partial charge in [0.05, 0.1) is 28.7 Å². The van der Waals surface area contributed by atoms with E-state index in [4.69, 9.17) is 5.73 Å². The number of rotatable bonds is 4. The van der Waals surface area contributed by atoms with E-state index in [-0.39, 0.29) is 18.3 Å². The Morgan fingerprint density at radius 3 is 2.39 bits per heavy atom. The minimum absolute atomic E-state index is 0.114. The second-order valence-corrected chi connectivity index (χ2v) is 6.68. The van der Waals surface area contributed by atoms with Crippen molar-refractivity contribution in [1.29, 1.82) is 0 Å². The first-order chi connectivity index (χ1) is 14.7. The number of hydrogen-bond donors (Lipinski definition) is 2. The Balaban J connectivity index is 1.61. The second kappa shape index (κ2) is 9.26. The number of halogens is 3. The lowest BCUT2D eigenvalue weighted by molar-refractivity contribution is -0.137. The van der Waals surface area contributed by atoms with Gasteiger partial charge in [0.15, 0.2) is 0 Å². The molecule has 0 aliphatic carbocycles. The van der Waals surface area contributed by atoms with Crippen molar-refractivity contribution in [3.8, 4) is 11.8 Å². The number of nitrogens with zero attached hydrogens (tertiary/aromatic N) is 3. The van der Waals surface area contributed by atoms with Crippen LogP contribution in [0.3, 0.4) is 0 Å². The SMILES string of the molecule is Cc1ncc(NC(=O)CCc2ccc(C(F)(F)F)cc2)cc1C#Cc1cnc(N)nc1. The Bertz CT molecular complexity index is 1130. The van der Waals surface area contributed by atoms with Gasteiger partial charge in [0.25, 0.3) is 0 Å². The Morgan fingerprint density at radius 2 is 1.74 bits per heavy atom. The van der Waals surface area contributed by atoms with Crippen LogP contribution in [0.4, 0.5) is 24.8 Å². The first-order valence-electron chi connectivity index (χ1n) is 9.23. The highest BCUT2D eigenvalue weighted by Crippen LogP contribution is 2.29. The molecule has 158 valence electrons. The van der Waals surface area contributed by atoms with E-state index in [2.05, 4.69) is 32.1 Å². The van der Waals surface area contributed by atoms with Gasteiger partial charge in [0.2, 0.25) is 11.9 Å². The predicted octanol–water partition coefficient (Wildman–Crippen LogP) is 3.75. The second-order valence-electron chi connectivity index (χ2n) is 6.68. The van der Waals surface area contributed by atoms with E-state index in [0.29, 0.717) is 34.5 Å². The van der Waals surface area contributed by atoms with Crippen LogP contribution in [0.25, 0.3) is 0 Å². The van der Waals surface area contributed by atoms with Gasteiger partial charge >= 0.3 is 6.18 Å². The summed E-state index contributed by atoms with van der Waals surface area (Å²) in [6.07, 6.45) is 0.574. The molecule has 3 rings (SSSR count). The number of amides is 1. The smallest absolute Gasteiger partial charge is 0.368 e. The average molecular weight is 425 g/mol. The zero-order valence-electron chi connectivity index (χ0n) is 16.5. The molecule has 0 aliphatic heterocycles. The molecular formula is C22H18F3N5O. The molecule has 0 saturated heterocycles. The van der Waals surface area contributed by atoms with Crippen molar-refractivity contribution in [1.82, 2.24) is 15.0 Å². The zero-order chi connectivity index (χ0) is 22.4. The summed E-state index contributed by atoms with van der Waals surface area (Å²) in [6.45, 7) is 1.79. The molecule has 0 saturated carbocycles. The number of carbonyl (C=O) groups is 1. The number of alkyl halides is 3. The van der Waals surface area contributed by atoms with E-state index in [1.54, 1.807) is 13.0 Å². The summed E-state index contributed by atoms with van der Waals surface area (Å²) in [7, 11) is 0. The zero-order valence-corrected chi connectivity index (χ0v) is 16.5. The molecule has 0 unspecified atom stereocenters. The van der Waals surface area contributed by atoms with Gasteiger partial charge in [0, 0.05) is 24.4 Å². The topological polar surface area (TPSA) is 93.8 Å². The van der Waals surface area contributed by atoms with Gasteiger partial charge in [-0.3, -0.25) is 9.78 Å². The maximum Gasteiger partial charge on any atom is 0.416 e. The Morgan fingerprint density at radius 1 is 1.06 bits per heavy atom. The van der Waals surface area contributed by atoms with Crippen molar-refractivity contribution in [3.05, 3.63) is 76.9 Å². The third-order valence-corrected chi connectivity index (χ3v) is 4.31. The highest BCUT2D eigenvalue weighted by molar-refractivity contribution is 5.90. The third kappa shape index (κ3) is 6.27. The lowest BCUT2D eigenvalue weighted by Gasteiger charge is -2.08. The largest absolute Gasteiger partial charge is 0.416 e. The highest BCUT2D eigenvalue weighted by atomic mass is 19.4. The quantitative estimate of drug-likeness (QED) is 0.621. The first kappa shape index (κ1) is 21.8. The number of hydrogen-bond acceptors (Lipinski definition) is 5. The third-order valence-electron chi connectivity index (χ3n) is 4.31. The summed E-state index contributed by atoms with van der Waals surface area (Å²) in [5.41, 5.74) is 7.73. The number of nitrogen functional groups attached to an aromatic ring is 1. The molecule has 2 aromatic heterocycles. The summed E-state index contributed by atoms with van der Waals surface area (Å²) >= 11 is 0. The highest BCUT2D eigenvalue weighted by Gasteiger charge is 2.29. The standard InChI is InChI=1S/C22H18F3N5O/c1-14-17(6-2-16-11-28-21(26)29-12-16)10-19(13-27-14)30-20(31)9-5-15-3-7-18(8-4-15)22(23,24)25/h3-4,7-8,10-13H,5,9H2,1H3,(H,30,31)(H2,26,28,29). The van der Waals surface area contributed by atoms with Gasteiger partial charge in [-0.15, -0.1) is 0 Å². The van der Waals surface area contributed by atoms with Crippen LogP contribution >= 0.6 is 0 Å². The molecule has 2 heterocycles. The molecule has 0 atom stereocenters. The number of anilines is 2. The molecule has 1 amide bonds. The van der Waals surface area contributed by atoms with E-state index in [1.165, 1.54) is 30.7 Å². The average Bonchev–Trinajstić information content (AvgIpc) is 2.73. The van der Waals surface area contributed by atoms with Crippen molar-refractivity contribution >= 4 is 17.5 Å². The molecule has 0 radical (unpaired) electrons. The molecule has 0 aliphatic rings. The Labute approximate surface area is 176 Å². The number of nitrogens with two attached hydrogens (primary N) is 1. The molecule has 9 heteroatoms. The van der Waals surface area contributed by atoms with Crippen LogP contribution in [0.2, 0.25) is 0 Å². The fraction of sp³-hybridized carbons (Fsp3) is 0.182. The number of carbonyl (C=O) groups excluding carboxylic acids is 1. The molecule has 3 N–H and O–H groups in total. The van der Waals surface area contributed by atoms with Crippen molar-refractivity contribution in [2.75, 3.05) is 11.1 Å². The van der Waals surface area contributed by atoms with Gasteiger partial charge in [-0.1, -0.05) is 24.0 Å². The number of pyridine rings is 1. The molecule has 1 aromatic carbocycles. The molecule has 0 bridgehead atoms. The maximum atomic E-state index is 12.6. The molecule has 3 aromatic rings. The molecule has 31 heavy (non-hydrogen) atoms. The van der Waals surface area contributed by atoms with Gasteiger partial charge in [-0.2, -0.15) is 13.2 Å². The van der Waals surface area contributed by atoms with Crippen LogP contribution in [0.5, 0.6) is 0 Å². The van der Waals surface area contributed by atoms with Crippen molar-refractivity contribution in [2.45, 2.75) is 25.9 Å². The van der Waals surface area contributed by atoms with Gasteiger partial charge in [-0.25, -0.2) is 9.97 Å². The lowest BCUT2D eigenvalue weighted by atomic mass is 10.1. The summed E-state index contributed by atoms with van der Waals surface area (Å²) < 4.78 is 37.8. The maximum absolute atomic E-state index is 12.6. The molecular weight excluding hydrogens is 407 g/mol. The fourth-order valence-corrected chi connectivity index (χ4v) is 2.61. The monoisotopic (exact) mass is 425 g/mol. The van der Waals surface area contributed by atoms with Gasteiger partial charge < -0.3 is 11.1 Å². The first-order valence-corrected chi connectivity index (χ1v) is 9.23. The van der Waals surface area contributed by atoms with Crippen molar-refractivity contribution in [3.63, 3.8) is 0 Å². The van der Waals surface area contributed by atoms with E-state index in [9.17, 15) is 18.0 Å². The van der Waals surface area contributed by atoms with Crippen LogP contribution in [-0.4, -0.2) is 20.9 Å². The summed E-state index contributed by atoms with van der Waals surface area (Å²) in [6, 6.07) is 6.46. The van der Waals surface area contributed by atoms with Crippen molar-refractivity contribution in [2.24, 2.45) is 0 Å². The summed E-state index contributed by atoms with van der Waals surface area (Å²) in [5, 5.41) is 2.73. The van der Waals surface area contributed by atoms with Gasteiger partial charge in [0.1, 0.15) is 0 Å². The number of aryl methyl sites for hydroxylation is 2. The molecule has 0 spiro atoms. The van der Waals surface area contributed by atoms with E-state index in [0.717, 1.165) is 12.1 Å². The molecule has 6 nitrogen and oxygen atoms in total. The summed E-state index contributed by atoms with van der Waals surface area (Å²) in [4.78, 5) is 24.2. The van der Waals surface area contributed by atoms with E-state index < -0.39 is 11.7 Å². The van der Waals surface area contributed by atoms with Crippen LogP contribution in [0, 0.1) is 18.8 Å². The minimum atomic E-state index is -4.38. The Kier molecular flexibility index (Phi) is 6.50. The normalized spacial score (nSPS) is 10.8. The minimum Gasteiger partial charge on any atom is -0.368 e. The number of benzene rings is 1. The number of nitrogens with one attached hydrogen (secondary N) is 1. The van der Waals surface area contributed by atoms with Crippen LogP contribution in [-0.2, 0) is 17.4 Å². The Hall–Kier alpha value is -3.93. The number of aromatic nitrogens is 3.